The second kappa shape index (κ2) is 5.46. The molecule has 0 fully saturated rings. The Kier molecular flexibility index (Phi) is 3.60. The lowest BCUT2D eigenvalue weighted by Gasteiger charge is -2.06. The fourth-order valence-corrected chi connectivity index (χ4v) is 2.20. The van der Waals surface area contributed by atoms with E-state index in [0.29, 0.717) is 16.7 Å². The molecule has 118 valence electrons. The average molecular weight is 320 g/mol. The molecular formula is C17H11F3O3. The van der Waals surface area contributed by atoms with Crippen molar-refractivity contribution in [3.8, 4) is 5.75 Å². The maximum atomic E-state index is 12.5. The molecule has 0 saturated heterocycles. The second-order valence-corrected chi connectivity index (χ2v) is 4.92. The van der Waals surface area contributed by atoms with Gasteiger partial charge in [-0.3, -0.25) is 4.79 Å². The summed E-state index contributed by atoms with van der Waals surface area (Å²) >= 11 is 0. The highest BCUT2D eigenvalue weighted by atomic mass is 19.4. The summed E-state index contributed by atoms with van der Waals surface area (Å²) in [4.78, 5) is 12.3. The molecule has 1 aromatic heterocycles. The van der Waals surface area contributed by atoms with E-state index in [-0.39, 0.29) is 11.3 Å². The first-order valence-electron chi connectivity index (χ1n) is 6.68. The van der Waals surface area contributed by atoms with Crippen molar-refractivity contribution in [2.24, 2.45) is 0 Å². The number of halogens is 3. The van der Waals surface area contributed by atoms with Crippen LogP contribution >= 0.6 is 0 Å². The Morgan fingerprint density at radius 1 is 1.04 bits per heavy atom. The average Bonchev–Trinajstić information content (AvgIpc) is 2.96. The fourth-order valence-electron chi connectivity index (χ4n) is 2.20. The molecule has 0 N–H and O–H groups in total. The molecule has 23 heavy (non-hydrogen) atoms. The first-order chi connectivity index (χ1) is 10.9. The van der Waals surface area contributed by atoms with Crippen LogP contribution in [0.1, 0.15) is 21.7 Å². The number of hydrogen-bond acceptors (Lipinski definition) is 3. The van der Waals surface area contributed by atoms with Crippen LogP contribution in [0, 0.1) is 0 Å². The van der Waals surface area contributed by atoms with Gasteiger partial charge in [-0.2, -0.15) is 13.2 Å². The molecule has 0 bridgehead atoms. The molecule has 6 heteroatoms. The lowest BCUT2D eigenvalue weighted by molar-refractivity contribution is -0.137. The highest BCUT2D eigenvalue weighted by molar-refractivity contribution is 6.09. The van der Waals surface area contributed by atoms with Gasteiger partial charge in [0.05, 0.1) is 12.7 Å². The van der Waals surface area contributed by atoms with E-state index >= 15 is 0 Å². The highest BCUT2D eigenvalue weighted by Crippen LogP contribution is 2.30. The van der Waals surface area contributed by atoms with Crippen molar-refractivity contribution in [1.29, 1.82) is 0 Å². The van der Waals surface area contributed by atoms with E-state index in [2.05, 4.69) is 0 Å². The highest BCUT2D eigenvalue weighted by Gasteiger charge is 2.30. The van der Waals surface area contributed by atoms with E-state index in [4.69, 9.17) is 9.15 Å². The molecule has 3 nitrogen and oxygen atoms in total. The summed E-state index contributed by atoms with van der Waals surface area (Å²) in [5.74, 6) is 0.169. The molecule has 3 rings (SSSR count). The van der Waals surface area contributed by atoms with Crippen molar-refractivity contribution in [3.63, 3.8) is 0 Å². The summed E-state index contributed by atoms with van der Waals surface area (Å²) in [6.07, 6.45) is -4.43. The second-order valence-electron chi connectivity index (χ2n) is 4.92. The number of ether oxygens (including phenoxy) is 1. The van der Waals surface area contributed by atoms with Crippen molar-refractivity contribution >= 4 is 16.8 Å². The lowest BCUT2D eigenvalue weighted by Crippen LogP contribution is -2.06. The van der Waals surface area contributed by atoms with Gasteiger partial charge in [-0.1, -0.05) is 12.1 Å². The molecule has 0 spiro atoms. The standard InChI is InChI=1S/C17H11F3O3/c1-22-13-7-4-11-8-15(23-14(11)9-13)16(21)10-2-5-12(6-3-10)17(18,19)20/h2-9H,1H3. The van der Waals surface area contributed by atoms with Gasteiger partial charge >= 0.3 is 6.18 Å². The molecular weight excluding hydrogens is 309 g/mol. The summed E-state index contributed by atoms with van der Waals surface area (Å²) in [6.45, 7) is 0. The molecule has 2 aromatic carbocycles. The first kappa shape index (κ1) is 15.1. The molecule has 0 radical (unpaired) electrons. The Labute approximate surface area is 129 Å². The normalized spacial score (nSPS) is 11.7. The third kappa shape index (κ3) is 2.92. The maximum absolute atomic E-state index is 12.5. The lowest BCUT2D eigenvalue weighted by atomic mass is 10.1. The number of furan rings is 1. The number of hydrogen-bond donors (Lipinski definition) is 0. The summed E-state index contributed by atoms with van der Waals surface area (Å²) in [5, 5.41) is 0.709. The smallest absolute Gasteiger partial charge is 0.416 e. The topological polar surface area (TPSA) is 39.4 Å². The molecule has 0 aliphatic rings. The van der Waals surface area contributed by atoms with Crippen LogP contribution in [0.5, 0.6) is 5.75 Å². The quantitative estimate of drug-likeness (QED) is 0.657. The zero-order valence-electron chi connectivity index (χ0n) is 12.0. The van der Waals surface area contributed by atoms with E-state index in [1.165, 1.54) is 7.11 Å². The van der Waals surface area contributed by atoms with Crippen molar-refractivity contribution < 1.29 is 27.1 Å². The van der Waals surface area contributed by atoms with Gasteiger partial charge in [0.2, 0.25) is 5.78 Å². The van der Waals surface area contributed by atoms with E-state index < -0.39 is 17.5 Å². The van der Waals surface area contributed by atoms with Gasteiger partial charge in [0.25, 0.3) is 0 Å². The Balaban J connectivity index is 1.93. The first-order valence-corrected chi connectivity index (χ1v) is 6.68. The number of carbonyl (C=O) groups excluding carboxylic acids is 1. The van der Waals surface area contributed by atoms with E-state index in [0.717, 1.165) is 24.3 Å². The number of ketones is 1. The number of benzene rings is 2. The maximum Gasteiger partial charge on any atom is 0.416 e. The summed E-state index contributed by atoms with van der Waals surface area (Å²) in [6, 6.07) is 10.7. The van der Waals surface area contributed by atoms with Crippen LogP contribution in [0.2, 0.25) is 0 Å². The van der Waals surface area contributed by atoms with E-state index in [1.54, 1.807) is 24.3 Å². The SMILES string of the molecule is COc1ccc2cc(C(=O)c3ccc(C(F)(F)F)cc3)oc2c1. The van der Waals surface area contributed by atoms with Crippen molar-refractivity contribution in [2.45, 2.75) is 6.18 Å². The van der Waals surface area contributed by atoms with Crippen molar-refractivity contribution in [1.82, 2.24) is 0 Å². The van der Waals surface area contributed by atoms with Crippen molar-refractivity contribution in [3.05, 3.63) is 65.4 Å². The third-order valence-electron chi connectivity index (χ3n) is 3.43. The van der Waals surface area contributed by atoms with Crippen LogP contribution in [-0.4, -0.2) is 12.9 Å². The zero-order valence-corrected chi connectivity index (χ0v) is 12.0. The number of alkyl halides is 3. The van der Waals surface area contributed by atoms with Crippen LogP contribution in [0.4, 0.5) is 13.2 Å². The Hall–Kier alpha value is -2.76. The van der Waals surface area contributed by atoms with Crippen LogP contribution in [0.25, 0.3) is 11.0 Å². The largest absolute Gasteiger partial charge is 0.497 e. The van der Waals surface area contributed by atoms with Gasteiger partial charge in [-0.05, 0) is 30.3 Å². The summed E-state index contributed by atoms with van der Waals surface area (Å²) in [5.41, 5.74) is -0.202. The fraction of sp³-hybridized carbons (Fsp3) is 0.118. The zero-order chi connectivity index (χ0) is 16.6. The van der Waals surface area contributed by atoms with Gasteiger partial charge in [0, 0.05) is 17.0 Å². The minimum atomic E-state index is -4.43. The minimum absolute atomic E-state index is 0.0630. The third-order valence-corrected chi connectivity index (χ3v) is 3.43. The van der Waals surface area contributed by atoms with Gasteiger partial charge < -0.3 is 9.15 Å². The van der Waals surface area contributed by atoms with Crippen LogP contribution in [-0.2, 0) is 6.18 Å². The Bertz CT molecular complexity index is 861. The number of methoxy groups -OCH3 is 1. The Morgan fingerprint density at radius 2 is 1.74 bits per heavy atom. The number of carbonyl (C=O) groups is 1. The predicted octanol–water partition coefficient (Wildman–Crippen LogP) is 4.69. The molecule has 0 aliphatic heterocycles. The molecule has 0 saturated carbocycles. The van der Waals surface area contributed by atoms with Gasteiger partial charge in [-0.15, -0.1) is 0 Å². The van der Waals surface area contributed by atoms with Crippen LogP contribution in [0.3, 0.4) is 0 Å². The van der Waals surface area contributed by atoms with Gasteiger partial charge in [0.15, 0.2) is 5.76 Å². The Morgan fingerprint density at radius 3 is 2.35 bits per heavy atom. The number of fused-ring (bicyclic) bond motifs is 1. The summed E-state index contributed by atoms with van der Waals surface area (Å²) in [7, 11) is 1.51. The summed E-state index contributed by atoms with van der Waals surface area (Å²) < 4.78 is 48.2. The molecule has 3 aromatic rings. The van der Waals surface area contributed by atoms with Gasteiger partial charge in [0.1, 0.15) is 11.3 Å². The molecule has 0 unspecified atom stereocenters. The molecule has 1 heterocycles. The predicted molar refractivity (Wildman–Crippen MR) is 77.6 cm³/mol. The monoisotopic (exact) mass is 320 g/mol. The van der Waals surface area contributed by atoms with Crippen molar-refractivity contribution in [2.75, 3.05) is 7.11 Å². The van der Waals surface area contributed by atoms with Gasteiger partial charge in [-0.25, -0.2) is 0 Å². The van der Waals surface area contributed by atoms with Crippen LogP contribution in [0.15, 0.2) is 52.9 Å². The molecule has 0 atom stereocenters. The number of rotatable bonds is 3. The molecule has 0 amide bonds. The van der Waals surface area contributed by atoms with E-state index in [1.807, 2.05) is 0 Å². The van der Waals surface area contributed by atoms with Crippen LogP contribution < -0.4 is 4.74 Å². The minimum Gasteiger partial charge on any atom is -0.497 e. The molecule has 0 aliphatic carbocycles. The van der Waals surface area contributed by atoms with E-state index in [9.17, 15) is 18.0 Å².